The first-order valence-electron chi connectivity index (χ1n) is 7.24. The number of aryl methyl sites for hydroxylation is 1. The largest absolute Gasteiger partial charge is 0.393 e. The highest BCUT2D eigenvalue weighted by atomic mass is 19.4. The third kappa shape index (κ3) is 2.73. The van der Waals surface area contributed by atoms with E-state index < -0.39 is 12.1 Å². The van der Waals surface area contributed by atoms with Crippen LogP contribution in [0.2, 0.25) is 0 Å². The second-order valence-corrected chi connectivity index (χ2v) is 5.76. The zero-order valence-corrected chi connectivity index (χ0v) is 12.7. The highest BCUT2D eigenvalue weighted by Crippen LogP contribution is 2.34. The van der Waals surface area contributed by atoms with Crippen molar-refractivity contribution in [1.29, 1.82) is 0 Å². The van der Waals surface area contributed by atoms with Gasteiger partial charge in [0.15, 0.2) is 5.82 Å². The van der Waals surface area contributed by atoms with Gasteiger partial charge in [-0.15, -0.1) is 0 Å². The molecule has 1 aliphatic heterocycles. The van der Waals surface area contributed by atoms with Crippen LogP contribution in [0.1, 0.15) is 28.2 Å². The maximum atomic E-state index is 12.8. The minimum Gasteiger partial charge on any atom is -0.363 e. The summed E-state index contributed by atoms with van der Waals surface area (Å²) in [4.78, 5) is 13.8. The van der Waals surface area contributed by atoms with E-state index in [1.807, 2.05) is 0 Å². The van der Waals surface area contributed by atoms with Crippen molar-refractivity contribution < 1.29 is 22.5 Å². The predicted octanol–water partition coefficient (Wildman–Crippen LogP) is 3.11. The lowest BCUT2D eigenvalue weighted by atomic mass is 10.1. The summed E-state index contributed by atoms with van der Waals surface area (Å²) in [6.45, 7) is 3.39. The maximum Gasteiger partial charge on any atom is 0.393 e. The SMILES string of the molecule is Cc1cc(C(=O)N2CCC(C(F)(F)F)C2)c(C)n1-c1ccon1. The molecule has 3 heterocycles. The van der Waals surface area contributed by atoms with E-state index in [2.05, 4.69) is 5.16 Å². The Labute approximate surface area is 130 Å². The Bertz CT molecular complexity index is 719. The first kappa shape index (κ1) is 15.6. The lowest BCUT2D eigenvalue weighted by Crippen LogP contribution is -2.32. The summed E-state index contributed by atoms with van der Waals surface area (Å²) in [6, 6.07) is 3.33. The first-order chi connectivity index (χ1) is 10.8. The van der Waals surface area contributed by atoms with Crippen LogP contribution in [0.15, 0.2) is 22.9 Å². The Hall–Kier alpha value is -2.25. The Morgan fingerprint density at radius 3 is 2.70 bits per heavy atom. The van der Waals surface area contributed by atoms with Gasteiger partial charge < -0.3 is 9.42 Å². The number of rotatable bonds is 2. The van der Waals surface area contributed by atoms with Gasteiger partial charge in [-0.2, -0.15) is 13.2 Å². The lowest BCUT2D eigenvalue weighted by Gasteiger charge is -2.18. The number of carbonyl (C=O) groups is 1. The number of aromatic nitrogens is 2. The van der Waals surface area contributed by atoms with E-state index in [0.717, 1.165) is 5.69 Å². The van der Waals surface area contributed by atoms with E-state index in [0.29, 0.717) is 17.1 Å². The molecule has 8 heteroatoms. The van der Waals surface area contributed by atoms with Crippen molar-refractivity contribution in [3.05, 3.63) is 35.3 Å². The van der Waals surface area contributed by atoms with E-state index in [1.165, 1.54) is 11.2 Å². The van der Waals surface area contributed by atoms with Gasteiger partial charge in [-0.3, -0.25) is 9.36 Å². The van der Waals surface area contributed by atoms with Crippen LogP contribution in [0.4, 0.5) is 13.2 Å². The minimum atomic E-state index is -4.26. The monoisotopic (exact) mass is 327 g/mol. The second-order valence-electron chi connectivity index (χ2n) is 5.76. The Morgan fingerprint density at radius 2 is 2.13 bits per heavy atom. The average molecular weight is 327 g/mol. The van der Waals surface area contributed by atoms with Gasteiger partial charge in [0, 0.05) is 30.5 Å². The summed E-state index contributed by atoms with van der Waals surface area (Å²) in [7, 11) is 0. The number of likely N-dealkylation sites (tertiary alicyclic amines) is 1. The molecular weight excluding hydrogens is 311 g/mol. The van der Waals surface area contributed by atoms with Crippen molar-refractivity contribution in [2.75, 3.05) is 13.1 Å². The van der Waals surface area contributed by atoms with Gasteiger partial charge in [0.2, 0.25) is 0 Å². The number of nitrogens with zero attached hydrogens (tertiary/aromatic N) is 3. The zero-order valence-electron chi connectivity index (χ0n) is 12.7. The third-order valence-electron chi connectivity index (χ3n) is 4.25. The molecule has 0 saturated carbocycles. The molecule has 1 aliphatic rings. The molecule has 1 fully saturated rings. The average Bonchev–Trinajstić information content (AvgIpc) is 3.17. The molecular formula is C15H16F3N3O2. The number of hydrogen-bond acceptors (Lipinski definition) is 3. The topological polar surface area (TPSA) is 51.3 Å². The predicted molar refractivity (Wildman–Crippen MR) is 75.4 cm³/mol. The van der Waals surface area contributed by atoms with Crippen LogP contribution < -0.4 is 0 Å². The number of hydrogen-bond donors (Lipinski definition) is 0. The summed E-state index contributed by atoms with van der Waals surface area (Å²) >= 11 is 0. The van der Waals surface area contributed by atoms with Crippen LogP contribution in [-0.2, 0) is 0 Å². The van der Waals surface area contributed by atoms with Crippen LogP contribution in [0.3, 0.4) is 0 Å². The molecule has 0 aliphatic carbocycles. The Balaban J connectivity index is 1.86. The Morgan fingerprint density at radius 1 is 1.39 bits per heavy atom. The van der Waals surface area contributed by atoms with E-state index >= 15 is 0 Å². The normalized spacial score (nSPS) is 18.7. The van der Waals surface area contributed by atoms with Gasteiger partial charge in [-0.25, -0.2) is 0 Å². The maximum absolute atomic E-state index is 12.8. The molecule has 1 amide bonds. The first-order valence-corrected chi connectivity index (χ1v) is 7.24. The van der Waals surface area contributed by atoms with Gasteiger partial charge >= 0.3 is 6.18 Å². The van der Waals surface area contributed by atoms with Crippen LogP contribution in [0.25, 0.3) is 5.82 Å². The molecule has 0 spiro atoms. The van der Waals surface area contributed by atoms with Crippen molar-refractivity contribution in [1.82, 2.24) is 14.6 Å². The summed E-state index contributed by atoms with van der Waals surface area (Å²) in [5.74, 6) is -1.28. The van der Waals surface area contributed by atoms with Gasteiger partial charge in [0.05, 0.1) is 11.5 Å². The molecule has 2 aromatic rings. The Kier molecular flexibility index (Phi) is 3.69. The highest BCUT2D eigenvalue weighted by Gasteiger charge is 2.45. The molecule has 1 atom stereocenters. The van der Waals surface area contributed by atoms with E-state index in [4.69, 9.17) is 4.52 Å². The van der Waals surface area contributed by atoms with E-state index in [1.54, 1.807) is 30.5 Å². The number of amides is 1. The summed E-state index contributed by atoms with van der Waals surface area (Å²) in [6.07, 6.45) is -2.88. The molecule has 1 saturated heterocycles. The summed E-state index contributed by atoms with van der Waals surface area (Å²) in [5.41, 5.74) is 1.80. The molecule has 0 N–H and O–H groups in total. The molecule has 124 valence electrons. The quantitative estimate of drug-likeness (QED) is 0.852. The van der Waals surface area contributed by atoms with E-state index in [9.17, 15) is 18.0 Å². The van der Waals surface area contributed by atoms with Gasteiger partial charge in [0.25, 0.3) is 5.91 Å². The standard InChI is InChI=1S/C15H16F3N3O2/c1-9-7-12(10(2)21(9)13-4-6-23-19-13)14(22)20-5-3-11(8-20)15(16,17)18/h4,6-7,11H,3,5,8H2,1-2H3. The van der Waals surface area contributed by atoms with Crippen molar-refractivity contribution in [3.8, 4) is 5.82 Å². The van der Waals surface area contributed by atoms with Crippen molar-refractivity contribution >= 4 is 5.91 Å². The minimum absolute atomic E-state index is 0.0444. The number of halogens is 3. The van der Waals surface area contributed by atoms with Crippen LogP contribution in [-0.4, -0.2) is 39.8 Å². The molecule has 5 nitrogen and oxygen atoms in total. The molecule has 0 radical (unpaired) electrons. The van der Waals surface area contributed by atoms with E-state index in [-0.39, 0.29) is 25.4 Å². The molecule has 1 unspecified atom stereocenters. The summed E-state index contributed by atoms with van der Waals surface area (Å²) in [5, 5.41) is 3.84. The molecule has 2 aromatic heterocycles. The fourth-order valence-electron chi connectivity index (χ4n) is 3.04. The smallest absolute Gasteiger partial charge is 0.363 e. The number of carbonyl (C=O) groups excluding carboxylic acids is 1. The zero-order chi connectivity index (χ0) is 16.8. The van der Waals surface area contributed by atoms with Gasteiger partial charge in [-0.05, 0) is 26.3 Å². The lowest BCUT2D eigenvalue weighted by molar-refractivity contribution is -0.169. The number of alkyl halides is 3. The fraction of sp³-hybridized carbons (Fsp3) is 0.467. The molecule has 0 bridgehead atoms. The summed E-state index contributed by atoms with van der Waals surface area (Å²) < 4.78 is 44.9. The highest BCUT2D eigenvalue weighted by molar-refractivity contribution is 5.96. The molecule has 23 heavy (non-hydrogen) atoms. The van der Waals surface area contributed by atoms with Crippen molar-refractivity contribution in [3.63, 3.8) is 0 Å². The van der Waals surface area contributed by atoms with Crippen LogP contribution in [0.5, 0.6) is 0 Å². The third-order valence-corrected chi connectivity index (χ3v) is 4.25. The second kappa shape index (κ2) is 5.43. The fourth-order valence-corrected chi connectivity index (χ4v) is 3.04. The molecule has 0 aromatic carbocycles. The van der Waals surface area contributed by atoms with Crippen molar-refractivity contribution in [2.24, 2.45) is 5.92 Å². The molecule has 3 rings (SSSR count). The van der Waals surface area contributed by atoms with Crippen LogP contribution in [0, 0.1) is 19.8 Å². The van der Waals surface area contributed by atoms with Gasteiger partial charge in [-0.1, -0.05) is 5.16 Å². The van der Waals surface area contributed by atoms with Crippen LogP contribution >= 0.6 is 0 Å². The van der Waals surface area contributed by atoms with Gasteiger partial charge in [0.1, 0.15) is 6.26 Å². The van der Waals surface area contributed by atoms with Crippen molar-refractivity contribution in [2.45, 2.75) is 26.4 Å².